The molecule has 0 aliphatic carbocycles. The van der Waals surface area contributed by atoms with E-state index in [0.717, 1.165) is 34.2 Å². The van der Waals surface area contributed by atoms with E-state index in [1.807, 2.05) is 6.92 Å². The van der Waals surface area contributed by atoms with Crippen molar-refractivity contribution in [2.45, 2.75) is 26.8 Å². The summed E-state index contributed by atoms with van der Waals surface area (Å²) in [5, 5.41) is 0.893. The summed E-state index contributed by atoms with van der Waals surface area (Å²) in [5.41, 5.74) is 2.43. The topological polar surface area (TPSA) is 43.6 Å². The monoisotopic (exact) mass is 310 g/mol. The van der Waals surface area contributed by atoms with Crippen molar-refractivity contribution in [3.05, 3.63) is 22.2 Å². The lowest BCUT2D eigenvalue weighted by molar-refractivity contribution is 0.693. The second kappa shape index (κ2) is 4.03. The van der Waals surface area contributed by atoms with Crippen LogP contribution in [0.1, 0.15) is 24.9 Å². The summed E-state index contributed by atoms with van der Waals surface area (Å²) in [7, 11) is 0. The largest absolute Gasteiger partial charge is 0.321 e. The number of rotatable bonds is 1. The molecular weight excluding hydrogens is 300 g/mol. The van der Waals surface area contributed by atoms with Crippen LogP contribution in [0.15, 0.2) is 10.7 Å². The predicted octanol–water partition coefficient (Wildman–Crippen LogP) is 3.28. The number of hydrogen-bond acceptors (Lipinski definition) is 4. The molecule has 0 atom stereocenters. The summed E-state index contributed by atoms with van der Waals surface area (Å²) in [6.45, 7) is 4.98. The number of halogens is 1. The molecule has 0 saturated heterocycles. The van der Waals surface area contributed by atoms with Gasteiger partial charge in [-0.2, -0.15) is 4.37 Å². The standard InChI is InChI=1S/C11H11BrN4S/c1-6-4-3-5-16-8(6)9(12)14-10(16)11-13-7(2)15-17-11/h4H,3,5H2,1-2H3. The van der Waals surface area contributed by atoms with E-state index in [2.05, 4.69) is 47.8 Å². The fourth-order valence-corrected chi connectivity index (χ4v) is 3.44. The van der Waals surface area contributed by atoms with Crippen LogP contribution in [0.5, 0.6) is 0 Å². The van der Waals surface area contributed by atoms with Crippen molar-refractivity contribution in [3.63, 3.8) is 0 Å². The number of aromatic nitrogens is 4. The van der Waals surface area contributed by atoms with Gasteiger partial charge in [0.1, 0.15) is 10.4 Å². The summed E-state index contributed by atoms with van der Waals surface area (Å²) in [6, 6.07) is 0. The second-order valence-electron chi connectivity index (χ2n) is 4.05. The Kier molecular flexibility index (Phi) is 2.63. The number of aryl methyl sites for hydroxylation is 1. The number of fused-ring (bicyclic) bond motifs is 1. The van der Waals surface area contributed by atoms with Gasteiger partial charge in [0.2, 0.25) is 0 Å². The van der Waals surface area contributed by atoms with Crippen LogP contribution in [-0.2, 0) is 6.54 Å². The molecule has 17 heavy (non-hydrogen) atoms. The first-order valence-electron chi connectivity index (χ1n) is 5.40. The highest BCUT2D eigenvalue weighted by molar-refractivity contribution is 9.10. The Balaban J connectivity index is 2.20. The molecule has 6 heteroatoms. The first-order chi connectivity index (χ1) is 8.16. The molecular formula is C11H11BrN4S. The Hall–Kier alpha value is -1.01. The summed E-state index contributed by atoms with van der Waals surface area (Å²) in [5.74, 6) is 1.73. The van der Waals surface area contributed by atoms with Gasteiger partial charge in [-0.05, 0) is 53.3 Å². The van der Waals surface area contributed by atoms with E-state index in [4.69, 9.17) is 0 Å². The Labute approximate surface area is 112 Å². The molecule has 4 nitrogen and oxygen atoms in total. The minimum Gasteiger partial charge on any atom is -0.321 e. The van der Waals surface area contributed by atoms with Crippen molar-refractivity contribution in [2.75, 3.05) is 0 Å². The van der Waals surface area contributed by atoms with E-state index >= 15 is 0 Å². The maximum Gasteiger partial charge on any atom is 0.179 e. The smallest absolute Gasteiger partial charge is 0.179 e. The van der Waals surface area contributed by atoms with Crippen LogP contribution < -0.4 is 0 Å². The average Bonchev–Trinajstić information content (AvgIpc) is 2.84. The van der Waals surface area contributed by atoms with E-state index in [-0.39, 0.29) is 0 Å². The van der Waals surface area contributed by atoms with Crippen LogP contribution in [-0.4, -0.2) is 18.9 Å². The van der Waals surface area contributed by atoms with Crippen molar-refractivity contribution in [3.8, 4) is 10.8 Å². The zero-order chi connectivity index (χ0) is 12.0. The van der Waals surface area contributed by atoms with Crippen molar-refractivity contribution in [2.24, 2.45) is 0 Å². The van der Waals surface area contributed by atoms with Gasteiger partial charge < -0.3 is 4.57 Å². The van der Waals surface area contributed by atoms with Crippen LogP contribution in [0.4, 0.5) is 0 Å². The molecule has 0 fully saturated rings. The third kappa shape index (κ3) is 1.75. The van der Waals surface area contributed by atoms with Gasteiger partial charge in [-0.15, -0.1) is 0 Å². The zero-order valence-electron chi connectivity index (χ0n) is 9.57. The Bertz CT molecular complexity index is 611. The Morgan fingerprint density at radius 3 is 2.88 bits per heavy atom. The van der Waals surface area contributed by atoms with Gasteiger partial charge in [-0.1, -0.05) is 6.08 Å². The SMILES string of the molecule is CC1=CCCn2c(-c3nc(C)ns3)nc(Br)c21. The van der Waals surface area contributed by atoms with E-state index in [0.29, 0.717) is 0 Å². The van der Waals surface area contributed by atoms with E-state index < -0.39 is 0 Å². The maximum absolute atomic E-state index is 4.57. The summed E-state index contributed by atoms with van der Waals surface area (Å²) < 4.78 is 7.34. The van der Waals surface area contributed by atoms with Crippen LogP contribution in [0.25, 0.3) is 16.4 Å². The molecule has 1 aliphatic heterocycles. The molecule has 0 saturated carbocycles. The van der Waals surface area contributed by atoms with E-state index in [9.17, 15) is 0 Å². The molecule has 0 aromatic carbocycles. The van der Waals surface area contributed by atoms with Crippen molar-refractivity contribution in [1.29, 1.82) is 0 Å². The molecule has 0 bridgehead atoms. The third-order valence-electron chi connectivity index (χ3n) is 2.82. The van der Waals surface area contributed by atoms with E-state index in [1.54, 1.807) is 0 Å². The number of imidazole rings is 1. The second-order valence-corrected chi connectivity index (χ2v) is 5.55. The first kappa shape index (κ1) is 11.1. The molecule has 0 amide bonds. The molecule has 88 valence electrons. The van der Waals surface area contributed by atoms with Crippen molar-refractivity contribution < 1.29 is 0 Å². The first-order valence-corrected chi connectivity index (χ1v) is 6.97. The molecule has 1 aliphatic rings. The summed E-state index contributed by atoms with van der Waals surface area (Å²) in [4.78, 5) is 8.98. The summed E-state index contributed by atoms with van der Waals surface area (Å²) >= 11 is 4.94. The van der Waals surface area contributed by atoms with Crippen LogP contribution in [0.3, 0.4) is 0 Å². The van der Waals surface area contributed by atoms with Crippen LogP contribution in [0, 0.1) is 6.92 Å². The lowest BCUT2D eigenvalue weighted by Gasteiger charge is -2.15. The zero-order valence-corrected chi connectivity index (χ0v) is 12.0. The number of hydrogen-bond donors (Lipinski definition) is 0. The van der Waals surface area contributed by atoms with Gasteiger partial charge in [-0.25, -0.2) is 9.97 Å². The maximum atomic E-state index is 4.57. The molecule has 0 spiro atoms. The van der Waals surface area contributed by atoms with Crippen molar-refractivity contribution >= 4 is 33.0 Å². The van der Waals surface area contributed by atoms with Crippen LogP contribution >= 0.6 is 27.5 Å². The Morgan fingerprint density at radius 2 is 2.18 bits per heavy atom. The number of allylic oxidation sites excluding steroid dienone is 2. The molecule has 0 N–H and O–H groups in total. The molecule has 2 aromatic heterocycles. The summed E-state index contributed by atoms with van der Waals surface area (Å²) in [6.07, 6.45) is 3.29. The molecule has 0 radical (unpaired) electrons. The van der Waals surface area contributed by atoms with Gasteiger partial charge in [0.15, 0.2) is 10.8 Å². The fraction of sp³-hybridized carbons (Fsp3) is 0.364. The van der Waals surface area contributed by atoms with Gasteiger partial charge >= 0.3 is 0 Å². The Morgan fingerprint density at radius 1 is 1.35 bits per heavy atom. The van der Waals surface area contributed by atoms with E-state index in [1.165, 1.54) is 22.8 Å². The average molecular weight is 311 g/mol. The fourth-order valence-electron chi connectivity index (χ4n) is 2.07. The normalized spacial score (nSPS) is 14.6. The predicted molar refractivity (Wildman–Crippen MR) is 71.8 cm³/mol. The quantitative estimate of drug-likeness (QED) is 0.812. The lowest BCUT2D eigenvalue weighted by Crippen LogP contribution is -2.07. The van der Waals surface area contributed by atoms with Gasteiger partial charge in [0.25, 0.3) is 0 Å². The molecule has 3 rings (SSSR count). The van der Waals surface area contributed by atoms with Gasteiger partial charge in [0.05, 0.1) is 5.69 Å². The highest BCUT2D eigenvalue weighted by Crippen LogP contribution is 2.33. The minimum absolute atomic E-state index is 0.807. The van der Waals surface area contributed by atoms with Gasteiger partial charge in [-0.3, -0.25) is 0 Å². The highest BCUT2D eigenvalue weighted by atomic mass is 79.9. The van der Waals surface area contributed by atoms with Crippen molar-refractivity contribution in [1.82, 2.24) is 18.9 Å². The van der Waals surface area contributed by atoms with Crippen LogP contribution in [0.2, 0.25) is 0 Å². The minimum atomic E-state index is 0.807. The third-order valence-corrected chi connectivity index (χ3v) is 4.18. The molecule has 0 unspecified atom stereocenters. The number of nitrogens with zero attached hydrogens (tertiary/aromatic N) is 4. The highest BCUT2D eigenvalue weighted by Gasteiger charge is 2.21. The molecule has 3 heterocycles. The van der Waals surface area contributed by atoms with Gasteiger partial charge in [0, 0.05) is 6.54 Å². The molecule has 2 aromatic rings. The lowest BCUT2D eigenvalue weighted by atomic mass is 10.1.